The van der Waals surface area contributed by atoms with Gasteiger partial charge in [0, 0.05) is 28.4 Å². The third kappa shape index (κ3) is 3.10. The first-order chi connectivity index (χ1) is 13.8. The molecule has 4 aromatic rings. The fourth-order valence-corrected chi connectivity index (χ4v) is 4.91. The van der Waals surface area contributed by atoms with Crippen molar-refractivity contribution in [3.63, 3.8) is 0 Å². The molecule has 142 valence electrons. The van der Waals surface area contributed by atoms with Gasteiger partial charge in [-0.05, 0) is 17.0 Å². The number of aromatic nitrogens is 2. The molecule has 1 fully saturated rings. The second kappa shape index (κ2) is 7.25. The Labute approximate surface area is 170 Å². The Kier molecular flexibility index (Phi) is 4.60. The molecule has 28 heavy (non-hydrogen) atoms. The van der Waals surface area contributed by atoms with Crippen LogP contribution in [0.2, 0.25) is 0 Å². The molecular formula is C21H19N3O2S2. The van der Waals surface area contributed by atoms with Gasteiger partial charge in [-0.3, -0.25) is 0 Å². The Morgan fingerprint density at radius 2 is 1.93 bits per heavy atom. The first-order valence-corrected chi connectivity index (χ1v) is 10.9. The maximum Gasteiger partial charge on any atom is 0.163 e. The summed E-state index contributed by atoms with van der Waals surface area (Å²) in [6, 6.07) is 12.3. The maximum atomic E-state index is 9.78. The molecule has 0 amide bonds. The smallest absolute Gasteiger partial charge is 0.163 e. The van der Waals surface area contributed by atoms with Gasteiger partial charge < -0.3 is 15.2 Å². The van der Waals surface area contributed by atoms with E-state index >= 15 is 0 Å². The Morgan fingerprint density at radius 1 is 1.07 bits per heavy atom. The van der Waals surface area contributed by atoms with E-state index in [1.807, 2.05) is 29.6 Å². The molecule has 5 rings (SSSR count). The van der Waals surface area contributed by atoms with E-state index in [1.54, 1.807) is 22.7 Å². The number of benzene rings is 1. The van der Waals surface area contributed by atoms with Crippen molar-refractivity contribution in [1.29, 1.82) is 0 Å². The van der Waals surface area contributed by atoms with Crippen molar-refractivity contribution >= 4 is 38.7 Å². The summed E-state index contributed by atoms with van der Waals surface area (Å²) in [4.78, 5) is 10.6. The summed E-state index contributed by atoms with van der Waals surface area (Å²) in [6.07, 6.45) is 0. The van der Waals surface area contributed by atoms with Gasteiger partial charge in [-0.25, -0.2) is 9.97 Å². The topological polar surface area (TPSA) is 67.3 Å². The minimum atomic E-state index is -0.233. The summed E-state index contributed by atoms with van der Waals surface area (Å²) in [7, 11) is 0. The highest BCUT2D eigenvalue weighted by Gasteiger charge is 2.38. The molecule has 7 heteroatoms. The van der Waals surface area contributed by atoms with E-state index in [9.17, 15) is 5.11 Å². The zero-order valence-corrected chi connectivity index (χ0v) is 16.7. The number of thiophene rings is 2. The van der Waals surface area contributed by atoms with Crippen molar-refractivity contribution in [2.75, 3.05) is 31.7 Å². The molecule has 0 aliphatic carbocycles. The van der Waals surface area contributed by atoms with Gasteiger partial charge >= 0.3 is 0 Å². The monoisotopic (exact) mass is 409 g/mol. The molecule has 0 spiro atoms. The standard InChI is InChI=1S/C21H19N3O2S2/c25-11-21(12-26-13-21)10-22-19-17-16(14-4-2-1-3-5-14)9-28-20(17)24-18(23-19)15-6-7-27-8-15/h1-9,25H,10-13H2,(H,22,23,24). The van der Waals surface area contributed by atoms with Crippen molar-refractivity contribution in [2.24, 2.45) is 5.41 Å². The first-order valence-electron chi connectivity index (χ1n) is 9.08. The molecule has 2 N–H and O–H groups in total. The van der Waals surface area contributed by atoms with Crippen molar-refractivity contribution in [1.82, 2.24) is 9.97 Å². The predicted octanol–water partition coefficient (Wildman–Crippen LogP) is 4.51. The summed E-state index contributed by atoms with van der Waals surface area (Å²) in [6.45, 7) is 1.85. The molecule has 5 nitrogen and oxygen atoms in total. The molecule has 0 radical (unpaired) electrons. The summed E-state index contributed by atoms with van der Waals surface area (Å²) in [5.74, 6) is 1.53. The lowest BCUT2D eigenvalue weighted by atomic mass is 9.87. The van der Waals surface area contributed by atoms with Crippen LogP contribution in [0.15, 0.2) is 52.5 Å². The molecule has 0 atom stereocenters. The van der Waals surface area contributed by atoms with Gasteiger partial charge in [-0.2, -0.15) is 11.3 Å². The fourth-order valence-electron chi connectivity index (χ4n) is 3.33. The molecule has 0 bridgehead atoms. The SMILES string of the molecule is OCC1(CNc2nc(-c3ccsc3)nc3scc(-c4ccccc4)c23)COC1. The normalized spacial score (nSPS) is 15.5. The van der Waals surface area contributed by atoms with E-state index < -0.39 is 0 Å². The van der Waals surface area contributed by atoms with E-state index in [4.69, 9.17) is 14.7 Å². The molecular weight excluding hydrogens is 390 g/mol. The third-order valence-corrected chi connectivity index (χ3v) is 6.64. The molecule has 3 aromatic heterocycles. The Bertz CT molecular complexity index is 1080. The second-order valence-corrected chi connectivity index (χ2v) is 8.75. The zero-order valence-electron chi connectivity index (χ0n) is 15.1. The number of ether oxygens (including phenoxy) is 1. The van der Waals surface area contributed by atoms with Gasteiger partial charge in [0.2, 0.25) is 0 Å². The third-order valence-electron chi connectivity index (χ3n) is 5.08. The summed E-state index contributed by atoms with van der Waals surface area (Å²) < 4.78 is 5.34. The molecule has 0 unspecified atom stereocenters. The highest BCUT2D eigenvalue weighted by Crippen LogP contribution is 2.39. The average Bonchev–Trinajstić information content (AvgIpc) is 3.38. The number of anilines is 1. The highest BCUT2D eigenvalue weighted by molar-refractivity contribution is 7.17. The fraction of sp³-hybridized carbons (Fsp3) is 0.238. The highest BCUT2D eigenvalue weighted by atomic mass is 32.1. The van der Waals surface area contributed by atoms with E-state index in [-0.39, 0.29) is 12.0 Å². The van der Waals surface area contributed by atoms with E-state index in [0.29, 0.717) is 19.8 Å². The molecule has 1 aromatic carbocycles. The van der Waals surface area contributed by atoms with Crippen LogP contribution in [0.5, 0.6) is 0 Å². The van der Waals surface area contributed by atoms with Crippen LogP contribution in [0.1, 0.15) is 0 Å². The molecule has 1 saturated heterocycles. The van der Waals surface area contributed by atoms with Gasteiger partial charge in [0.05, 0.1) is 30.6 Å². The lowest BCUT2D eigenvalue weighted by Gasteiger charge is -2.40. The number of nitrogens with one attached hydrogen (secondary N) is 1. The number of rotatable bonds is 6. The predicted molar refractivity (Wildman–Crippen MR) is 115 cm³/mol. The number of aliphatic hydroxyl groups excluding tert-OH is 1. The minimum Gasteiger partial charge on any atom is -0.396 e. The van der Waals surface area contributed by atoms with Crippen LogP contribution in [0, 0.1) is 5.41 Å². The Hall–Kier alpha value is -2.32. The molecule has 1 aliphatic heterocycles. The van der Waals surface area contributed by atoms with Crippen LogP contribution in [0.3, 0.4) is 0 Å². The largest absolute Gasteiger partial charge is 0.396 e. The minimum absolute atomic E-state index is 0.0980. The van der Waals surface area contributed by atoms with E-state index in [2.05, 4.69) is 28.2 Å². The van der Waals surface area contributed by atoms with Crippen LogP contribution in [0.4, 0.5) is 5.82 Å². The first kappa shape index (κ1) is 17.8. The molecule has 0 saturated carbocycles. The van der Waals surface area contributed by atoms with Crippen molar-refractivity contribution in [3.8, 4) is 22.5 Å². The van der Waals surface area contributed by atoms with Gasteiger partial charge in [0.15, 0.2) is 5.82 Å². The summed E-state index contributed by atoms with van der Waals surface area (Å²) >= 11 is 3.27. The van der Waals surface area contributed by atoms with Crippen LogP contribution in [-0.4, -0.2) is 41.4 Å². The van der Waals surface area contributed by atoms with Crippen LogP contribution in [-0.2, 0) is 4.74 Å². The summed E-state index contributed by atoms with van der Waals surface area (Å²) in [5.41, 5.74) is 3.06. The van der Waals surface area contributed by atoms with Crippen molar-refractivity contribution < 1.29 is 9.84 Å². The van der Waals surface area contributed by atoms with Crippen molar-refractivity contribution in [2.45, 2.75) is 0 Å². The van der Waals surface area contributed by atoms with E-state index in [1.165, 1.54) is 0 Å². The second-order valence-electron chi connectivity index (χ2n) is 7.11. The Balaban J connectivity index is 1.62. The number of fused-ring (bicyclic) bond motifs is 1. The number of nitrogens with zero attached hydrogens (tertiary/aromatic N) is 2. The van der Waals surface area contributed by atoms with Crippen LogP contribution >= 0.6 is 22.7 Å². The maximum absolute atomic E-state index is 9.78. The lowest BCUT2D eigenvalue weighted by Crippen LogP contribution is -2.50. The van der Waals surface area contributed by atoms with Gasteiger partial charge in [0.25, 0.3) is 0 Å². The van der Waals surface area contributed by atoms with Gasteiger partial charge in [0.1, 0.15) is 10.6 Å². The number of hydrogen-bond donors (Lipinski definition) is 2. The zero-order chi connectivity index (χ0) is 19.0. The Morgan fingerprint density at radius 3 is 2.61 bits per heavy atom. The molecule has 1 aliphatic rings. The quantitative estimate of drug-likeness (QED) is 0.491. The van der Waals surface area contributed by atoms with Gasteiger partial charge in [-0.15, -0.1) is 11.3 Å². The van der Waals surface area contributed by atoms with Gasteiger partial charge in [-0.1, -0.05) is 30.3 Å². The summed E-state index contributed by atoms with van der Waals surface area (Å²) in [5, 5.41) is 20.5. The number of aliphatic hydroxyl groups is 1. The number of hydrogen-bond acceptors (Lipinski definition) is 7. The van der Waals surface area contributed by atoms with E-state index in [0.717, 1.165) is 38.5 Å². The van der Waals surface area contributed by atoms with Crippen LogP contribution in [0.25, 0.3) is 32.7 Å². The molecule has 4 heterocycles. The van der Waals surface area contributed by atoms with Crippen LogP contribution < -0.4 is 5.32 Å². The lowest BCUT2D eigenvalue weighted by molar-refractivity contribution is -0.128. The van der Waals surface area contributed by atoms with Crippen molar-refractivity contribution in [3.05, 3.63) is 52.5 Å². The average molecular weight is 410 g/mol.